The van der Waals surface area contributed by atoms with Gasteiger partial charge < -0.3 is 14.2 Å². The lowest BCUT2D eigenvalue weighted by molar-refractivity contribution is 0.0428. The van der Waals surface area contributed by atoms with E-state index in [9.17, 15) is 14.4 Å². The van der Waals surface area contributed by atoms with Crippen molar-refractivity contribution in [1.29, 1.82) is 0 Å². The SMILES string of the molecule is COC(=O)c1cnc(N(C(=O)OC(C)(C)C)C(=O)OC(C)(C)C)c(I)n1. The third-order valence-corrected chi connectivity index (χ3v) is 3.19. The highest BCUT2D eigenvalue weighted by molar-refractivity contribution is 14.1. The number of rotatable bonds is 2. The van der Waals surface area contributed by atoms with Gasteiger partial charge in [-0.05, 0) is 64.1 Å². The number of esters is 1. The third kappa shape index (κ3) is 6.39. The number of hydrogen-bond donors (Lipinski definition) is 0. The second-order valence-corrected chi connectivity index (χ2v) is 8.18. The standard InChI is InChI=1S/C16H22IN3O6/c1-15(2,3)25-13(22)20(14(23)26-16(4,5)6)11-10(17)19-9(8-18-11)12(21)24-7/h8H,1-7H3. The molecule has 0 N–H and O–H groups in total. The molecule has 1 aromatic rings. The molecule has 0 spiro atoms. The minimum absolute atomic E-state index is 0.0611. The number of carbonyl (C=O) groups excluding carboxylic acids is 3. The van der Waals surface area contributed by atoms with E-state index in [1.54, 1.807) is 64.1 Å². The van der Waals surface area contributed by atoms with E-state index < -0.39 is 29.4 Å². The van der Waals surface area contributed by atoms with Crippen molar-refractivity contribution in [2.24, 2.45) is 0 Å². The van der Waals surface area contributed by atoms with Crippen molar-refractivity contribution in [1.82, 2.24) is 9.97 Å². The van der Waals surface area contributed by atoms with Crippen LogP contribution in [0.5, 0.6) is 0 Å². The molecule has 2 amide bonds. The summed E-state index contributed by atoms with van der Waals surface area (Å²) in [5, 5.41) is 0. The Kier molecular flexibility index (Phi) is 6.91. The van der Waals surface area contributed by atoms with E-state index in [1.165, 1.54) is 7.11 Å². The van der Waals surface area contributed by atoms with Gasteiger partial charge >= 0.3 is 18.2 Å². The number of imide groups is 1. The highest BCUT2D eigenvalue weighted by atomic mass is 127. The molecule has 0 atom stereocenters. The van der Waals surface area contributed by atoms with Crippen LogP contribution in [0.15, 0.2) is 6.20 Å². The van der Waals surface area contributed by atoms with Crippen LogP contribution >= 0.6 is 22.6 Å². The van der Waals surface area contributed by atoms with Crippen molar-refractivity contribution in [3.63, 3.8) is 0 Å². The fourth-order valence-electron chi connectivity index (χ4n) is 1.58. The molecule has 0 aliphatic heterocycles. The van der Waals surface area contributed by atoms with Crippen molar-refractivity contribution >= 4 is 46.6 Å². The van der Waals surface area contributed by atoms with Crippen molar-refractivity contribution in [2.75, 3.05) is 12.0 Å². The Morgan fingerprint density at radius 1 is 1.00 bits per heavy atom. The molecule has 0 radical (unpaired) electrons. The molecule has 0 aliphatic rings. The molecule has 0 saturated carbocycles. The average Bonchev–Trinajstić information content (AvgIpc) is 2.44. The Morgan fingerprint density at radius 2 is 1.46 bits per heavy atom. The third-order valence-electron chi connectivity index (χ3n) is 2.47. The molecular formula is C16H22IN3O6. The minimum Gasteiger partial charge on any atom is -0.464 e. The van der Waals surface area contributed by atoms with Crippen molar-refractivity contribution in [3.05, 3.63) is 15.6 Å². The highest BCUT2D eigenvalue weighted by Gasteiger charge is 2.35. The lowest BCUT2D eigenvalue weighted by atomic mass is 10.2. The Morgan fingerprint density at radius 3 is 1.81 bits per heavy atom. The number of methoxy groups -OCH3 is 1. The van der Waals surface area contributed by atoms with Crippen LogP contribution in [0.25, 0.3) is 0 Å². The predicted molar refractivity (Wildman–Crippen MR) is 101 cm³/mol. The summed E-state index contributed by atoms with van der Waals surface area (Å²) in [6, 6.07) is 0. The van der Waals surface area contributed by atoms with E-state index >= 15 is 0 Å². The quantitative estimate of drug-likeness (QED) is 0.360. The molecule has 10 heteroatoms. The number of carbonyl (C=O) groups is 3. The molecule has 144 valence electrons. The van der Waals surface area contributed by atoms with Crippen molar-refractivity contribution in [3.8, 4) is 0 Å². The van der Waals surface area contributed by atoms with Crippen molar-refractivity contribution in [2.45, 2.75) is 52.7 Å². The average molecular weight is 479 g/mol. The molecule has 0 saturated heterocycles. The topological polar surface area (TPSA) is 108 Å². The zero-order valence-electron chi connectivity index (χ0n) is 15.7. The van der Waals surface area contributed by atoms with Gasteiger partial charge in [0.1, 0.15) is 14.9 Å². The van der Waals surface area contributed by atoms with Crippen LogP contribution in [0, 0.1) is 3.70 Å². The summed E-state index contributed by atoms with van der Waals surface area (Å²) in [6.07, 6.45) is -0.833. The van der Waals surface area contributed by atoms with Gasteiger partial charge in [0.15, 0.2) is 11.5 Å². The second kappa shape index (κ2) is 8.14. The molecule has 0 bridgehead atoms. The molecule has 0 unspecified atom stereocenters. The smallest absolute Gasteiger partial charge is 0.425 e. The summed E-state index contributed by atoms with van der Waals surface area (Å²) >= 11 is 1.75. The zero-order valence-corrected chi connectivity index (χ0v) is 17.9. The number of aromatic nitrogens is 2. The highest BCUT2D eigenvalue weighted by Crippen LogP contribution is 2.23. The first-order chi connectivity index (χ1) is 11.7. The van der Waals surface area contributed by atoms with E-state index in [1.807, 2.05) is 0 Å². The molecule has 1 rings (SSSR count). The summed E-state index contributed by atoms with van der Waals surface area (Å²) in [5.41, 5.74) is -1.75. The Hall–Kier alpha value is -1.98. The van der Waals surface area contributed by atoms with Gasteiger partial charge in [0.25, 0.3) is 0 Å². The van der Waals surface area contributed by atoms with Gasteiger partial charge in [-0.1, -0.05) is 0 Å². The maximum Gasteiger partial charge on any atom is 0.425 e. The summed E-state index contributed by atoms with van der Waals surface area (Å²) < 4.78 is 15.2. The summed E-state index contributed by atoms with van der Waals surface area (Å²) in [5.74, 6) is -0.801. The van der Waals surface area contributed by atoms with E-state index in [4.69, 9.17) is 9.47 Å². The Labute approximate surface area is 165 Å². The lowest BCUT2D eigenvalue weighted by Crippen LogP contribution is -2.44. The number of anilines is 1. The van der Waals surface area contributed by atoms with Gasteiger partial charge in [-0.15, -0.1) is 0 Å². The summed E-state index contributed by atoms with van der Waals surface area (Å²) in [7, 11) is 1.21. The normalized spacial score (nSPS) is 11.5. The molecule has 0 aliphatic carbocycles. The lowest BCUT2D eigenvalue weighted by Gasteiger charge is -2.28. The molecule has 26 heavy (non-hydrogen) atoms. The molecule has 1 aromatic heterocycles. The van der Waals surface area contributed by atoms with E-state index in [2.05, 4.69) is 14.7 Å². The largest absolute Gasteiger partial charge is 0.464 e. The minimum atomic E-state index is -0.968. The maximum absolute atomic E-state index is 12.6. The molecule has 0 aromatic carbocycles. The number of hydrogen-bond acceptors (Lipinski definition) is 8. The van der Waals surface area contributed by atoms with Gasteiger partial charge in [-0.3, -0.25) is 0 Å². The fourth-order valence-corrected chi connectivity index (χ4v) is 2.22. The van der Waals surface area contributed by atoms with Gasteiger partial charge in [0.2, 0.25) is 0 Å². The van der Waals surface area contributed by atoms with Gasteiger partial charge in [-0.25, -0.2) is 24.4 Å². The first-order valence-electron chi connectivity index (χ1n) is 7.62. The van der Waals surface area contributed by atoms with Gasteiger partial charge in [0.05, 0.1) is 13.3 Å². The molecule has 0 fully saturated rings. The molecule has 1 heterocycles. The zero-order chi connectivity index (χ0) is 20.3. The number of nitrogens with zero attached hydrogens (tertiary/aromatic N) is 3. The second-order valence-electron chi connectivity index (χ2n) is 7.16. The fraction of sp³-hybridized carbons (Fsp3) is 0.562. The summed E-state index contributed by atoms with van der Waals surface area (Å²) in [4.78, 5) is 45.3. The number of ether oxygens (including phenoxy) is 3. The summed E-state index contributed by atoms with van der Waals surface area (Å²) in [6.45, 7) is 9.97. The van der Waals surface area contributed by atoms with E-state index in [0.717, 1.165) is 6.20 Å². The first-order valence-corrected chi connectivity index (χ1v) is 8.70. The number of halogens is 1. The monoisotopic (exact) mass is 479 g/mol. The van der Waals surface area contributed by atoms with E-state index in [0.29, 0.717) is 4.90 Å². The van der Waals surface area contributed by atoms with Crippen LogP contribution in [-0.4, -0.2) is 46.4 Å². The number of amides is 2. The first kappa shape index (κ1) is 22.1. The molecular weight excluding hydrogens is 457 g/mol. The predicted octanol–water partition coefficient (Wildman–Crippen LogP) is 3.54. The van der Waals surface area contributed by atoms with Gasteiger partial charge in [0, 0.05) is 0 Å². The Balaban J connectivity index is 3.34. The van der Waals surface area contributed by atoms with Crippen LogP contribution < -0.4 is 4.90 Å². The van der Waals surface area contributed by atoms with Crippen molar-refractivity contribution < 1.29 is 28.6 Å². The van der Waals surface area contributed by atoms with Crippen LogP contribution in [0.3, 0.4) is 0 Å². The van der Waals surface area contributed by atoms with Crippen LogP contribution in [0.4, 0.5) is 15.4 Å². The molecule has 9 nitrogen and oxygen atoms in total. The van der Waals surface area contributed by atoms with Crippen LogP contribution in [0.1, 0.15) is 52.0 Å². The van der Waals surface area contributed by atoms with Crippen LogP contribution in [0.2, 0.25) is 0 Å². The van der Waals surface area contributed by atoms with Crippen LogP contribution in [-0.2, 0) is 14.2 Å². The maximum atomic E-state index is 12.6. The van der Waals surface area contributed by atoms with Gasteiger partial charge in [-0.2, -0.15) is 4.90 Å². The van der Waals surface area contributed by atoms with E-state index in [-0.39, 0.29) is 15.2 Å². The Bertz CT molecular complexity index is 681.